The number of thiazole rings is 1. The second-order valence-electron chi connectivity index (χ2n) is 19.8. The molecule has 1 aliphatic rings. The number of aryl methyl sites for hydroxylation is 2. The van der Waals surface area contributed by atoms with Gasteiger partial charge < -0.3 is 42.5 Å². The zero-order valence-corrected chi connectivity index (χ0v) is 46.2. The van der Waals surface area contributed by atoms with Gasteiger partial charge in [0, 0.05) is 36.9 Å². The minimum atomic E-state index is -0.553. The highest BCUT2D eigenvalue weighted by atomic mass is 32.1. The molecule has 1 saturated heterocycles. The van der Waals surface area contributed by atoms with Crippen molar-refractivity contribution in [1.29, 1.82) is 0 Å². The van der Waals surface area contributed by atoms with Gasteiger partial charge in [-0.25, -0.2) is 14.8 Å². The van der Waals surface area contributed by atoms with Crippen LogP contribution in [-0.4, -0.2) is 81.9 Å². The largest absolute Gasteiger partial charge is 0.494 e. The molecular weight excluding hydrogens is 991 g/mol. The van der Waals surface area contributed by atoms with Crippen LogP contribution in [0.4, 0.5) is 17.1 Å². The molecule has 2 aromatic heterocycles. The fraction of sp³-hybridized carbons (Fsp3) is 0.435. The van der Waals surface area contributed by atoms with Crippen molar-refractivity contribution >= 4 is 55.7 Å². The molecule has 0 atom stereocenters. The van der Waals surface area contributed by atoms with E-state index in [1.54, 1.807) is 12.1 Å². The molecule has 7 aromatic rings. The number of hydrogen-bond acceptors (Lipinski definition) is 15. The third-order valence-corrected chi connectivity index (χ3v) is 14.7. The average Bonchev–Trinajstić information content (AvgIpc) is 4.11. The van der Waals surface area contributed by atoms with Crippen LogP contribution in [0.5, 0.6) is 28.7 Å². The van der Waals surface area contributed by atoms with Crippen LogP contribution >= 0.6 is 11.3 Å². The maximum absolute atomic E-state index is 12.3. The Morgan fingerprint density at radius 2 is 1.25 bits per heavy atom. The lowest BCUT2D eigenvalue weighted by Gasteiger charge is -2.40. The Kier molecular flexibility index (Phi) is 21.3. The number of ether oxygens (including phenoxy) is 7. The molecule has 0 aliphatic carbocycles. The van der Waals surface area contributed by atoms with Gasteiger partial charge in [-0.15, -0.1) is 11.3 Å². The lowest BCUT2D eigenvalue weighted by molar-refractivity contribution is -0.150. The predicted octanol–water partition coefficient (Wildman–Crippen LogP) is 15.7. The van der Waals surface area contributed by atoms with Gasteiger partial charge in [0.1, 0.15) is 38.7 Å². The number of hydrogen-bond donors (Lipinski definition) is 0. The SMILES string of the molecule is C=CC(=O)Oc1ccc(OCCCCCN(CCCCCCOc2ccc(OCCCCCCOCC3(CC)COC3)cc2)c2ccc(N=Nc3ccc(OCC)cc3)cc2)c2nc(-c3nc4c(C)cc(C)cc4o3)sc12. The lowest BCUT2D eigenvalue weighted by Crippen LogP contribution is -2.45. The molecule has 8 rings (SSSR count). The van der Waals surface area contributed by atoms with Gasteiger partial charge in [-0.3, -0.25) is 0 Å². The molecule has 0 radical (unpaired) electrons. The monoisotopic (exact) mass is 1070 g/mol. The number of carbonyl (C=O) groups excluding carboxylic acids is 1. The molecule has 0 saturated carbocycles. The maximum atomic E-state index is 12.3. The van der Waals surface area contributed by atoms with Gasteiger partial charge in [0.2, 0.25) is 0 Å². The molecule has 0 spiro atoms. The summed E-state index contributed by atoms with van der Waals surface area (Å²) in [6, 6.07) is 31.5. The van der Waals surface area contributed by atoms with Crippen molar-refractivity contribution in [3.05, 3.63) is 121 Å². The Morgan fingerprint density at radius 3 is 1.86 bits per heavy atom. The van der Waals surface area contributed by atoms with E-state index in [0.29, 0.717) is 64.6 Å². The first kappa shape index (κ1) is 56.4. The summed E-state index contributed by atoms with van der Waals surface area (Å²) in [5.74, 6) is 3.39. The van der Waals surface area contributed by atoms with Crippen molar-refractivity contribution in [1.82, 2.24) is 9.97 Å². The highest BCUT2D eigenvalue weighted by Crippen LogP contribution is 2.41. The van der Waals surface area contributed by atoms with Crippen LogP contribution in [0, 0.1) is 19.3 Å². The van der Waals surface area contributed by atoms with Crippen LogP contribution in [0.2, 0.25) is 0 Å². The molecule has 15 heteroatoms. The van der Waals surface area contributed by atoms with E-state index in [9.17, 15) is 4.79 Å². The van der Waals surface area contributed by atoms with Gasteiger partial charge in [-0.2, -0.15) is 10.2 Å². The number of oxazole rings is 1. The van der Waals surface area contributed by atoms with Crippen molar-refractivity contribution in [3.63, 3.8) is 0 Å². The number of rotatable bonds is 34. The highest BCUT2D eigenvalue weighted by molar-refractivity contribution is 7.22. The zero-order chi connectivity index (χ0) is 53.7. The number of unbranched alkanes of at least 4 members (excludes halogenated alkanes) is 8. The maximum Gasteiger partial charge on any atom is 0.335 e. The summed E-state index contributed by atoms with van der Waals surface area (Å²) in [5, 5.41) is 9.52. The topological polar surface area (TPSA) is 149 Å². The van der Waals surface area contributed by atoms with Crippen LogP contribution < -0.4 is 28.6 Å². The number of benzene rings is 5. The summed E-state index contributed by atoms with van der Waals surface area (Å²) >= 11 is 1.35. The van der Waals surface area contributed by atoms with Crippen molar-refractivity contribution in [2.45, 2.75) is 105 Å². The van der Waals surface area contributed by atoms with E-state index >= 15 is 0 Å². The number of anilines is 1. The third-order valence-electron chi connectivity index (χ3n) is 13.7. The van der Waals surface area contributed by atoms with Gasteiger partial charge in [0.25, 0.3) is 5.89 Å². The Labute approximate surface area is 457 Å². The summed E-state index contributed by atoms with van der Waals surface area (Å²) in [6.45, 7) is 19.4. The van der Waals surface area contributed by atoms with Gasteiger partial charge in [-0.1, -0.05) is 38.8 Å². The molecule has 5 aromatic carbocycles. The molecular formula is C62H75N5O9S. The molecule has 0 amide bonds. The molecule has 14 nitrogen and oxygen atoms in total. The van der Waals surface area contributed by atoms with Crippen molar-refractivity contribution in [2.24, 2.45) is 15.6 Å². The molecule has 408 valence electrons. The number of aromatic nitrogens is 2. The minimum Gasteiger partial charge on any atom is -0.494 e. The van der Waals surface area contributed by atoms with Crippen molar-refractivity contribution in [2.75, 3.05) is 70.8 Å². The molecule has 77 heavy (non-hydrogen) atoms. The summed E-state index contributed by atoms with van der Waals surface area (Å²) < 4.78 is 47.9. The summed E-state index contributed by atoms with van der Waals surface area (Å²) in [7, 11) is 0. The smallest absolute Gasteiger partial charge is 0.335 e. The first-order valence-corrected chi connectivity index (χ1v) is 28.3. The van der Waals surface area contributed by atoms with E-state index in [1.807, 2.05) is 87.5 Å². The standard InChI is InChI=1S/C62H75N5O9S/c1-6-56(68)75-54-33-32-53(58-59(54)77-61(64-58)60-63-57-46(5)40-45(4)41-55(57)76-60)74-39-19-13-15-35-67(49-24-20-47(21-25-49)65-66-48-22-26-50(27-23-48)71-8-3)34-14-9-10-17-37-72-51-28-30-52(31-29-51)73-38-18-12-11-16-36-69-42-62(7-2)43-70-44-62/h6,20-33,40-41H,1,7-19,34-39,42-44H2,2-5H3. The summed E-state index contributed by atoms with van der Waals surface area (Å²) in [6.07, 6.45) is 13.7. The fourth-order valence-electron chi connectivity index (χ4n) is 9.11. The molecule has 1 aliphatic heterocycles. The van der Waals surface area contributed by atoms with Gasteiger partial charge in [0.15, 0.2) is 16.3 Å². The van der Waals surface area contributed by atoms with E-state index < -0.39 is 5.97 Å². The molecule has 0 unspecified atom stereocenters. The fourth-order valence-corrected chi connectivity index (χ4v) is 10.1. The second-order valence-corrected chi connectivity index (χ2v) is 20.8. The number of azo groups is 1. The minimum absolute atomic E-state index is 0.263. The first-order chi connectivity index (χ1) is 37.7. The van der Waals surface area contributed by atoms with E-state index in [2.05, 4.69) is 46.8 Å². The molecule has 3 heterocycles. The molecule has 0 bridgehead atoms. The van der Waals surface area contributed by atoms with Crippen LogP contribution in [-0.2, 0) is 14.3 Å². The van der Waals surface area contributed by atoms with Crippen molar-refractivity contribution in [3.8, 4) is 39.6 Å². The number of esters is 1. The normalized spacial score (nSPS) is 13.0. The quantitative estimate of drug-likeness (QED) is 0.0124. The predicted molar refractivity (Wildman–Crippen MR) is 306 cm³/mol. The van der Waals surface area contributed by atoms with Gasteiger partial charge in [0.05, 0.1) is 57.6 Å². The Morgan fingerprint density at radius 1 is 0.675 bits per heavy atom. The van der Waals surface area contributed by atoms with Crippen LogP contribution in [0.15, 0.2) is 124 Å². The average molecular weight is 1070 g/mol. The summed E-state index contributed by atoms with van der Waals surface area (Å²) in [5.41, 5.74) is 7.17. The van der Waals surface area contributed by atoms with E-state index in [0.717, 1.165) is 174 Å². The summed E-state index contributed by atoms with van der Waals surface area (Å²) in [4.78, 5) is 24.5. The first-order valence-electron chi connectivity index (χ1n) is 27.5. The van der Waals surface area contributed by atoms with Gasteiger partial charge in [-0.05, 0) is 181 Å². The van der Waals surface area contributed by atoms with Crippen LogP contribution in [0.3, 0.4) is 0 Å². The molecule has 1 fully saturated rings. The van der Waals surface area contributed by atoms with Crippen LogP contribution in [0.25, 0.3) is 32.2 Å². The van der Waals surface area contributed by atoms with Gasteiger partial charge >= 0.3 is 5.97 Å². The Bertz CT molecular complexity index is 2960. The lowest BCUT2D eigenvalue weighted by atomic mass is 9.84. The Balaban J connectivity index is 0.785. The van der Waals surface area contributed by atoms with Crippen molar-refractivity contribution < 1.29 is 42.4 Å². The molecule has 0 N–H and O–H groups in total. The number of nitrogens with zero attached hydrogens (tertiary/aromatic N) is 5. The highest BCUT2D eigenvalue weighted by Gasteiger charge is 2.36. The van der Waals surface area contributed by atoms with Crippen LogP contribution in [0.1, 0.15) is 102 Å². The second kappa shape index (κ2) is 29.1. The third kappa shape index (κ3) is 16.6. The van der Waals surface area contributed by atoms with E-state index in [1.165, 1.54) is 11.3 Å². The van der Waals surface area contributed by atoms with E-state index in [-0.39, 0.29) is 5.41 Å². The number of carbonyl (C=O) groups is 1. The number of fused-ring (bicyclic) bond motifs is 2. The van der Waals surface area contributed by atoms with E-state index in [4.69, 9.17) is 47.5 Å². The Hall–Kier alpha value is -6.81. The zero-order valence-electron chi connectivity index (χ0n) is 45.4.